The SMILES string of the molecule is C=C(C)CCOC(=O)CCCCCCCCC(=O)OCCCCCCC. The molecule has 0 radical (unpaired) electrons. The molecule has 0 aromatic carbocycles. The van der Waals surface area contributed by atoms with Crippen LogP contribution in [0.3, 0.4) is 0 Å². The zero-order valence-corrected chi connectivity index (χ0v) is 17.2. The standard InChI is InChI=1S/C22H40O4/c1-4-5-6-11-14-18-25-21(23)15-12-9-7-8-10-13-16-22(24)26-19-17-20(2)3/h2,4-19H2,1,3H3. The third kappa shape index (κ3) is 19.0. The Morgan fingerprint density at radius 2 is 1.12 bits per heavy atom. The zero-order chi connectivity index (χ0) is 19.5. The third-order valence-corrected chi connectivity index (χ3v) is 4.31. The van der Waals surface area contributed by atoms with Crippen molar-refractivity contribution in [2.24, 2.45) is 0 Å². The summed E-state index contributed by atoms with van der Waals surface area (Å²) in [7, 11) is 0. The molecular formula is C22H40O4. The van der Waals surface area contributed by atoms with Crippen LogP contribution in [-0.2, 0) is 19.1 Å². The molecule has 4 heteroatoms. The molecule has 0 heterocycles. The van der Waals surface area contributed by atoms with Gasteiger partial charge in [-0.15, -0.1) is 6.58 Å². The molecule has 0 aromatic heterocycles. The first-order chi connectivity index (χ1) is 12.6. The first kappa shape index (κ1) is 24.7. The lowest BCUT2D eigenvalue weighted by atomic mass is 10.1. The van der Waals surface area contributed by atoms with Crippen LogP contribution in [0.5, 0.6) is 0 Å². The molecule has 0 fully saturated rings. The van der Waals surface area contributed by atoms with Crippen LogP contribution in [0.15, 0.2) is 12.2 Å². The molecule has 0 aliphatic rings. The van der Waals surface area contributed by atoms with Gasteiger partial charge in [-0.25, -0.2) is 0 Å². The van der Waals surface area contributed by atoms with E-state index in [1.165, 1.54) is 19.3 Å². The smallest absolute Gasteiger partial charge is 0.305 e. The number of hydrogen-bond donors (Lipinski definition) is 0. The van der Waals surface area contributed by atoms with Gasteiger partial charge in [0, 0.05) is 19.3 Å². The van der Waals surface area contributed by atoms with E-state index in [1.54, 1.807) is 0 Å². The fourth-order valence-corrected chi connectivity index (χ4v) is 2.62. The second-order valence-corrected chi connectivity index (χ2v) is 7.18. The molecule has 0 aromatic rings. The van der Waals surface area contributed by atoms with Gasteiger partial charge in [0.1, 0.15) is 0 Å². The largest absolute Gasteiger partial charge is 0.466 e. The molecular weight excluding hydrogens is 328 g/mol. The summed E-state index contributed by atoms with van der Waals surface area (Å²) in [4.78, 5) is 23.1. The summed E-state index contributed by atoms with van der Waals surface area (Å²) < 4.78 is 10.4. The van der Waals surface area contributed by atoms with E-state index in [9.17, 15) is 9.59 Å². The molecule has 0 rings (SSSR count). The van der Waals surface area contributed by atoms with Gasteiger partial charge >= 0.3 is 11.9 Å². The molecule has 0 N–H and O–H groups in total. The first-order valence-electron chi connectivity index (χ1n) is 10.5. The molecule has 26 heavy (non-hydrogen) atoms. The molecule has 0 saturated heterocycles. The number of esters is 2. The predicted molar refractivity (Wildman–Crippen MR) is 107 cm³/mol. The van der Waals surface area contributed by atoms with E-state index in [-0.39, 0.29) is 11.9 Å². The van der Waals surface area contributed by atoms with Gasteiger partial charge in [0.15, 0.2) is 0 Å². The van der Waals surface area contributed by atoms with Crippen LogP contribution in [-0.4, -0.2) is 25.2 Å². The maximum atomic E-state index is 11.6. The normalized spacial score (nSPS) is 10.5. The van der Waals surface area contributed by atoms with E-state index in [2.05, 4.69) is 13.5 Å². The van der Waals surface area contributed by atoms with Crippen LogP contribution >= 0.6 is 0 Å². The van der Waals surface area contributed by atoms with Crippen molar-refractivity contribution in [1.29, 1.82) is 0 Å². The molecule has 0 bridgehead atoms. The Kier molecular flexibility index (Phi) is 17.5. The van der Waals surface area contributed by atoms with Gasteiger partial charge < -0.3 is 9.47 Å². The molecule has 0 unspecified atom stereocenters. The van der Waals surface area contributed by atoms with E-state index in [0.29, 0.717) is 26.1 Å². The molecule has 0 amide bonds. The summed E-state index contributed by atoms with van der Waals surface area (Å²) in [5.41, 5.74) is 1.04. The lowest BCUT2D eigenvalue weighted by Gasteiger charge is -2.05. The Bertz CT molecular complexity index is 376. The minimum atomic E-state index is -0.108. The zero-order valence-electron chi connectivity index (χ0n) is 17.2. The number of ether oxygens (including phenoxy) is 2. The summed E-state index contributed by atoms with van der Waals surface area (Å²) in [5, 5.41) is 0. The van der Waals surface area contributed by atoms with Crippen molar-refractivity contribution in [2.45, 2.75) is 104 Å². The van der Waals surface area contributed by atoms with Crippen molar-refractivity contribution in [3.05, 3.63) is 12.2 Å². The molecule has 0 atom stereocenters. The van der Waals surface area contributed by atoms with Gasteiger partial charge in [-0.05, 0) is 26.2 Å². The minimum absolute atomic E-state index is 0.0574. The van der Waals surface area contributed by atoms with Crippen molar-refractivity contribution in [3.63, 3.8) is 0 Å². The molecule has 0 spiro atoms. The number of carbonyl (C=O) groups is 2. The second kappa shape index (κ2) is 18.5. The number of carbonyl (C=O) groups excluding carboxylic acids is 2. The lowest BCUT2D eigenvalue weighted by Crippen LogP contribution is -2.06. The second-order valence-electron chi connectivity index (χ2n) is 7.18. The molecule has 0 aliphatic heterocycles. The maximum absolute atomic E-state index is 11.6. The van der Waals surface area contributed by atoms with Gasteiger partial charge in [-0.2, -0.15) is 0 Å². The van der Waals surface area contributed by atoms with Crippen LogP contribution < -0.4 is 0 Å². The molecule has 0 saturated carbocycles. The summed E-state index contributed by atoms with van der Waals surface area (Å²) in [5.74, 6) is -0.165. The Balaban J connectivity index is 3.28. The Hall–Kier alpha value is -1.32. The maximum Gasteiger partial charge on any atom is 0.305 e. The van der Waals surface area contributed by atoms with E-state index >= 15 is 0 Å². The van der Waals surface area contributed by atoms with Crippen molar-refractivity contribution < 1.29 is 19.1 Å². The first-order valence-corrected chi connectivity index (χ1v) is 10.5. The van der Waals surface area contributed by atoms with Gasteiger partial charge in [0.2, 0.25) is 0 Å². The quantitative estimate of drug-likeness (QED) is 0.166. The highest BCUT2D eigenvalue weighted by atomic mass is 16.5. The van der Waals surface area contributed by atoms with Crippen molar-refractivity contribution in [3.8, 4) is 0 Å². The fraction of sp³-hybridized carbons (Fsp3) is 0.818. The van der Waals surface area contributed by atoms with E-state index in [1.807, 2.05) is 6.92 Å². The monoisotopic (exact) mass is 368 g/mol. The van der Waals surface area contributed by atoms with Crippen LogP contribution in [0.25, 0.3) is 0 Å². The average Bonchev–Trinajstić information content (AvgIpc) is 2.60. The van der Waals surface area contributed by atoms with Crippen LogP contribution in [0, 0.1) is 0 Å². The summed E-state index contributed by atoms with van der Waals surface area (Å²) >= 11 is 0. The number of rotatable bonds is 18. The van der Waals surface area contributed by atoms with Gasteiger partial charge in [0.25, 0.3) is 0 Å². The van der Waals surface area contributed by atoms with Crippen LogP contribution in [0.4, 0.5) is 0 Å². The highest BCUT2D eigenvalue weighted by Crippen LogP contribution is 2.10. The van der Waals surface area contributed by atoms with E-state index in [4.69, 9.17) is 9.47 Å². The Morgan fingerprint density at radius 1 is 0.654 bits per heavy atom. The topological polar surface area (TPSA) is 52.6 Å². The third-order valence-electron chi connectivity index (χ3n) is 4.31. The van der Waals surface area contributed by atoms with Gasteiger partial charge in [-0.1, -0.05) is 63.9 Å². The molecule has 4 nitrogen and oxygen atoms in total. The lowest BCUT2D eigenvalue weighted by molar-refractivity contribution is -0.144. The number of unbranched alkanes of at least 4 members (excludes halogenated alkanes) is 9. The van der Waals surface area contributed by atoms with Crippen molar-refractivity contribution in [1.82, 2.24) is 0 Å². The summed E-state index contributed by atoms with van der Waals surface area (Å²) in [6, 6.07) is 0. The van der Waals surface area contributed by atoms with E-state index in [0.717, 1.165) is 63.4 Å². The van der Waals surface area contributed by atoms with Gasteiger partial charge in [-0.3, -0.25) is 9.59 Å². The number of hydrogen-bond acceptors (Lipinski definition) is 4. The fourth-order valence-electron chi connectivity index (χ4n) is 2.62. The van der Waals surface area contributed by atoms with Crippen molar-refractivity contribution in [2.75, 3.05) is 13.2 Å². The van der Waals surface area contributed by atoms with Crippen LogP contribution in [0.1, 0.15) is 104 Å². The highest BCUT2D eigenvalue weighted by Gasteiger charge is 2.04. The average molecular weight is 369 g/mol. The Morgan fingerprint density at radius 3 is 1.65 bits per heavy atom. The minimum Gasteiger partial charge on any atom is -0.466 e. The van der Waals surface area contributed by atoms with Gasteiger partial charge in [0.05, 0.1) is 13.2 Å². The molecule has 0 aliphatic carbocycles. The predicted octanol–water partition coefficient (Wildman–Crippen LogP) is 6.13. The summed E-state index contributed by atoms with van der Waals surface area (Å²) in [6.07, 6.45) is 13.7. The molecule has 152 valence electrons. The van der Waals surface area contributed by atoms with Crippen molar-refractivity contribution >= 4 is 11.9 Å². The van der Waals surface area contributed by atoms with Crippen LogP contribution in [0.2, 0.25) is 0 Å². The van der Waals surface area contributed by atoms with E-state index < -0.39 is 0 Å². The summed E-state index contributed by atoms with van der Waals surface area (Å²) in [6.45, 7) is 8.93. The highest BCUT2D eigenvalue weighted by molar-refractivity contribution is 5.69. The Labute approximate surface area is 160 Å².